The number of nitrogens with one attached hydrogen (secondary N) is 1. The molecule has 0 fully saturated rings. The standard InChI is InChI=1S/C18H18N4S/c1-13(21-11-18-9-15(10-19)12-23-18)16-3-5-17(6-4-16)22-8-7-20-14(22)2/h3-9,12-13,21H,11H2,1-2H3. The molecule has 0 bridgehead atoms. The summed E-state index contributed by atoms with van der Waals surface area (Å²) in [6, 6.07) is 12.9. The van der Waals surface area contributed by atoms with Gasteiger partial charge in [-0.3, -0.25) is 0 Å². The molecule has 23 heavy (non-hydrogen) atoms. The van der Waals surface area contributed by atoms with Crippen molar-refractivity contribution in [2.75, 3.05) is 0 Å². The van der Waals surface area contributed by atoms with Crippen LogP contribution in [0, 0.1) is 18.3 Å². The molecule has 0 radical (unpaired) electrons. The molecule has 1 N–H and O–H groups in total. The van der Waals surface area contributed by atoms with E-state index in [4.69, 9.17) is 5.26 Å². The summed E-state index contributed by atoms with van der Waals surface area (Å²) >= 11 is 1.62. The SMILES string of the molecule is Cc1nccn1-c1ccc(C(C)NCc2cc(C#N)cs2)cc1. The summed E-state index contributed by atoms with van der Waals surface area (Å²) in [4.78, 5) is 5.43. The van der Waals surface area contributed by atoms with Gasteiger partial charge >= 0.3 is 0 Å². The summed E-state index contributed by atoms with van der Waals surface area (Å²) in [7, 11) is 0. The van der Waals surface area contributed by atoms with Crippen LogP contribution in [0.25, 0.3) is 5.69 Å². The Hall–Kier alpha value is -2.42. The van der Waals surface area contributed by atoms with E-state index in [1.807, 2.05) is 30.8 Å². The molecule has 3 aromatic rings. The summed E-state index contributed by atoms with van der Waals surface area (Å²) in [5.41, 5.74) is 3.09. The van der Waals surface area contributed by atoms with E-state index in [0.717, 1.165) is 23.6 Å². The Balaban J connectivity index is 1.65. The lowest BCUT2D eigenvalue weighted by molar-refractivity contribution is 0.579. The van der Waals surface area contributed by atoms with Gasteiger partial charge in [0, 0.05) is 40.9 Å². The minimum Gasteiger partial charge on any atom is -0.305 e. The number of imidazole rings is 1. The van der Waals surface area contributed by atoms with Gasteiger partial charge in [0.1, 0.15) is 11.9 Å². The fourth-order valence-electron chi connectivity index (χ4n) is 2.48. The zero-order valence-electron chi connectivity index (χ0n) is 13.2. The van der Waals surface area contributed by atoms with Crippen LogP contribution in [-0.2, 0) is 6.54 Å². The summed E-state index contributed by atoms with van der Waals surface area (Å²) < 4.78 is 2.07. The Morgan fingerprint density at radius 2 is 2.13 bits per heavy atom. The van der Waals surface area contributed by atoms with Crippen LogP contribution in [0.15, 0.2) is 48.1 Å². The van der Waals surface area contributed by atoms with Crippen molar-refractivity contribution in [3.8, 4) is 11.8 Å². The fourth-order valence-corrected chi connectivity index (χ4v) is 3.24. The lowest BCUT2D eigenvalue weighted by atomic mass is 10.1. The Labute approximate surface area is 140 Å². The van der Waals surface area contributed by atoms with E-state index < -0.39 is 0 Å². The molecule has 0 amide bonds. The minimum absolute atomic E-state index is 0.251. The zero-order chi connectivity index (χ0) is 16.2. The Kier molecular flexibility index (Phi) is 4.56. The normalized spacial score (nSPS) is 12.0. The zero-order valence-corrected chi connectivity index (χ0v) is 14.0. The average molecular weight is 322 g/mol. The van der Waals surface area contributed by atoms with Crippen molar-refractivity contribution in [3.63, 3.8) is 0 Å². The van der Waals surface area contributed by atoms with E-state index in [2.05, 4.69) is 52.1 Å². The quantitative estimate of drug-likeness (QED) is 0.773. The van der Waals surface area contributed by atoms with Crippen molar-refractivity contribution in [2.24, 2.45) is 0 Å². The van der Waals surface area contributed by atoms with Crippen LogP contribution in [0.1, 0.15) is 34.8 Å². The van der Waals surface area contributed by atoms with Crippen LogP contribution in [0.3, 0.4) is 0 Å². The molecule has 1 unspecified atom stereocenters. The monoisotopic (exact) mass is 322 g/mol. The Morgan fingerprint density at radius 3 is 2.74 bits per heavy atom. The number of benzene rings is 1. The number of hydrogen-bond acceptors (Lipinski definition) is 4. The van der Waals surface area contributed by atoms with Crippen molar-refractivity contribution in [1.82, 2.24) is 14.9 Å². The predicted molar refractivity (Wildman–Crippen MR) is 92.6 cm³/mol. The molecular weight excluding hydrogens is 304 g/mol. The van der Waals surface area contributed by atoms with E-state index in [1.54, 1.807) is 11.3 Å². The van der Waals surface area contributed by atoms with Gasteiger partial charge in [0.2, 0.25) is 0 Å². The molecule has 1 aromatic carbocycles. The second kappa shape index (κ2) is 6.78. The number of nitrogens with zero attached hydrogens (tertiary/aromatic N) is 3. The molecule has 3 rings (SSSR count). The highest BCUT2D eigenvalue weighted by Gasteiger charge is 2.07. The van der Waals surface area contributed by atoms with Gasteiger partial charge < -0.3 is 9.88 Å². The maximum Gasteiger partial charge on any atom is 0.110 e. The topological polar surface area (TPSA) is 53.6 Å². The van der Waals surface area contributed by atoms with Gasteiger partial charge in [-0.2, -0.15) is 5.26 Å². The molecule has 2 heterocycles. The lowest BCUT2D eigenvalue weighted by Gasteiger charge is -2.14. The number of aryl methyl sites for hydroxylation is 1. The van der Waals surface area contributed by atoms with Gasteiger partial charge in [-0.25, -0.2) is 4.98 Å². The van der Waals surface area contributed by atoms with Gasteiger partial charge in [-0.15, -0.1) is 11.3 Å². The highest BCUT2D eigenvalue weighted by atomic mass is 32.1. The molecule has 116 valence electrons. The number of rotatable bonds is 5. The van der Waals surface area contributed by atoms with Gasteiger partial charge in [0.15, 0.2) is 0 Å². The lowest BCUT2D eigenvalue weighted by Crippen LogP contribution is -2.17. The third kappa shape index (κ3) is 3.50. The largest absolute Gasteiger partial charge is 0.305 e. The van der Waals surface area contributed by atoms with Crippen molar-refractivity contribution >= 4 is 11.3 Å². The molecule has 5 heteroatoms. The van der Waals surface area contributed by atoms with Crippen molar-refractivity contribution in [1.29, 1.82) is 5.26 Å². The van der Waals surface area contributed by atoms with Gasteiger partial charge in [0.25, 0.3) is 0 Å². The smallest absolute Gasteiger partial charge is 0.110 e. The molecule has 0 saturated heterocycles. The van der Waals surface area contributed by atoms with Gasteiger partial charge in [-0.1, -0.05) is 12.1 Å². The van der Waals surface area contributed by atoms with Gasteiger partial charge in [0.05, 0.1) is 5.56 Å². The number of thiophene rings is 1. The predicted octanol–water partition coefficient (Wildman–Crippen LogP) is 3.96. The van der Waals surface area contributed by atoms with E-state index in [-0.39, 0.29) is 6.04 Å². The van der Waals surface area contributed by atoms with Crippen LogP contribution >= 0.6 is 11.3 Å². The molecular formula is C18H18N4S. The maximum atomic E-state index is 8.86. The van der Waals surface area contributed by atoms with Crippen LogP contribution in [-0.4, -0.2) is 9.55 Å². The molecule has 4 nitrogen and oxygen atoms in total. The first-order chi connectivity index (χ1) is 11.2. The Bertz CT molecular complexity index is 823. The van der Waals surface area contributed by atoms with E-state index >= 15 is 0 Å². The summed E-state index contributed by atoms with van der Waals surface area (Å²) in [5.74, 6) is 0.981. The second-order valence-electron chi connectivity index (χ2n) is 5.45. The molecule has 0 aliphatic carbocycles. The molecule has 1 atom stereocenters. The van der Waals surface area contributed by atoms with Crippen molar-refractivity contribution in [3.05, 3.63) is 69.9 Å². The third-order valence-corrected chi connectivity index (χ3v) is 4.80. The fraction of sp³-hybridized carbons (Fsp3) is 0.222. The van der Waals surface area contributed by atoms with Crippen LogP contribution < -0.4 is 5.32 Å². The van der Waals surface area contributed by atoms with E-state index in [0.29, 0.717) is 0 Å². The number of aromatic nitrogens is 2. The summed E-state index contributed by atoms with van der Waals surface area (Å²) in [6.45, 7) is 4.92. The van der Waals surface area contributed by atoms with E-state index in [9.17, 15) is 0 Å². The maximum absolute atomic E-state index is 8.86. The minimum atomic E-state index is 0.251. The van der Waals surface area contributed by atoms with Crippen LogP contribution in [0.4, 0.5) is 0 Å². The van der Waals surface area contributed by atoms with Crippen LogP contribution in [0.2, 0.25) is 0 Å². The first-order valence-corrected chi connectivity index (χ1v) is 8.36. The van der Waals surface area contributed by atoms with Crippen LogP contribution in [0.5, 0.6) is 0 Å². The van der Waals surface area contributed by atoms with Crippen molar-refractivity contribution < 1.29 is 0 Å². The molecule has 0 aliphatic heterocycles. The summed E-state index contributed by atoms with van der Waals surface area (Å²) in [5, 5.41) is 14.3. The third-order valence-electron chi connectivity index (χ3n) is 3.86. The average Bonchev–Trinajstić information content (AvgIpc) is 3.21. The number of hydrogen-bond donors (Lipinski definition) is 1. The van der Waals surface area contributed by atoms with Gasteiger partial charge in [-0.05, 0) is 37.6 Å². The van der Waals surface area contributed by atoms with Crippen molar-refractivity contribution in [2.45, 2.75) is 26.4 Å². The first kappa shape index (κ1) is 15.5. The highest BCUT2D eigenvalue weighted by molar-refractivity contribution is 7.10. The molecule has 0 aliphatic rings. The molecule has 0 spiro atoms. The summed E-state index contributed by atoms with van der Waals surface area (Å²) in [6.07, 6.45) is 3.78. The highest BCUT2D eigenvalue weighted by Crippen LogP contribution is 2.19. The second-order valence-corrected chi connectivity index (χ2v) is 6.45. The molecule has 2 aromatic heterocycles. The Morgan fingerprint density at radius 1 is 1.35 bits per heavy atom. The first-order valence-electron chi connectivity index (χ1n) is 7.48. The number of nitriles is 1. The van der Waals surface area contributed by atoms with E-state index in [1.165, 1.54) is 10.4 Å². The molecule has 0 saturated carbocycles.